The van der Waals surface area contributed by atoms with Gasteiger partial charge in [0.05, 0.1) is 5.41 Å². The number of carbonyl (C=O) groups is 2. The average Bonchev–Trinajstić information content (AvgIpc) is 2.94. The van der Waals surface area contributed by atoms with Crippen LogP contribution in [-0.2, 0) is 4.79 Å². The molecule has 158 valence electrons. The molecule has 2 aromatic rings. The van der Waals surface area contributed by atoms with E-state index in [0.717, 1.165) is 25.1 Å². The zero-order valence-corrected chi connectivity index (χ0v) is 17.9. The second-order valence-corrected chi connectivity index (χ2v) is 8.62. The first-order chi connectivity index (χ1) is 14.5. The second kappa shape index (κ2) is 8.66. The Labute approximate surface area is 182 Å². The first-order valence-electron chi connectivity index (χ1n) is 10.4. The van der Waals surface area contributed by atoms with Crippen molar-refractivity contribution in [2.45, 2.75) is 25.3 Å². The van der Waals surface area contributed by atoms with E-state index in [0.29, 0.717) is 30.2 Å². The number of benzene rings is 2. The Bertz CT molecular complexity index is 905. The average molecular weight is 427 g/mol. The third-order valence-corrected chi connectivity index (χ3v) is 6.70. The Balaban J connectivity index is 1.48. The van der Waals surface area contributed by atoms with E-state index in [1.54, 1.807) is 24.3 Å². The smallest absolute Gasteiger partial charge is 0.321 e. The SMILES string of the molecule is CN1CC[C@]2(C(=O)Nc3ccccc3)CCN(C(=O)Nc3ccc(Cl)cc3)CC[C@H]12. The molecule has 2 atom stereocenters. The number of urea groups is 1. The highest BCUT2D eigenvalue weighted by molar-refractivity contribution is 6.30. The summed E-state index contributed by atoms with van der Waals surface area (Å²) in [6.45, 7) is 2.06. The van der Waals surface area contributed by atoms with Gasteiger partial charge >= 0.3 is 6.03 Å². The van der Waals surface area contributed by atoms with Crippen LogP contribution < -0.4 is 10.6 Å². The summed E-state index contributed by atoms with van der Waals surface area (Å²) in [5, 5.41) is 6.68. The highest BCUT2D eigenvalue weighted by Gasteiger charge is 2.52. The lowest BCUT2D eigenvalue weighted by molar-refractivity contribution is -0.127. The molecular weight excluding hydrogens is 400 g/mol. The van der Waals surface area contributed by atoms with E-state index in [2.05, 4.69) is 22.6 Å². The zero-order chi connectivity index (χ0) is 21.1. The maximum atomic E-state index is 13.4. The number of fused-ring (bicyclic) bond motifs is 1. The largest absolute Gasteiger partial charge is 0.326 e. The minimum Gasteiger partial charge on any atom is -0.326 e. The fourth-order valence-electron chi connectivity index (χ4n) is 4.73. The molecule has 3 amide bonds. The lowest BCUT2D eigenvalue weighted by Gasteiger charge is -2.34. The van der Waals surface area contributed by atoms with E-state index in [1.165, 1.54) is 0 Å². The molecule has 4 rings (SSSR count). The van der Waals surface area contributed by atoms with Gasteiger partial charge in [0.2, 0.25) is 5.91 Å². The van der Waals surface area contributed by atoms with Gasteiger partial charge in [0.25, 0.3) is 0 Å². The number of para-hydroxylation sites is 1. The van der Waals surface area contributed by atoms with Gasteiger partial charge in [-0.1, -0.05) is 29.8 Å². The fraction of sp³-hybridized carbons (Fsp3) is 0.391. The summed E-state index contributed by atoms with van der Waals surface area (Å²) in [5.74, 6) is 0.0583. The minimum absolute atomic E-state index is 0.0583. The highest BCUT2D eigenvalue weighted by Crippen LogP contribution is 2.44. The van der Waals surface area contributed by atoms with E-state index in [1.807, 2.05) is 35.2 Å². The monoisotopic (exact) mass is 426 g/mol. The van der Waals surface area contributed by atoms with Crippen LogP contribution in [0.3, 0.4) is 0 Å². The lowest BCUT2D eigenvalue weighted by atomic mass is 9.75. The third kappa shape index (κ3) is 4.16. The van der Waals surface area contributed by atoms with Gasteiger partial charge in [-0.25, -0.2) is 4.79 Å². The Morgan fingerprint density at radius 3 is 2.33 bits per heavy atom. The molecule has 0 aromatic heterocycles. The Hall–Kier alpha value is -2.57. The number of likely N-dealkylation sites (tertiary alicyclic amines) is 2. The van der Waals surface area contributed by atoms with Crippen LogP contribution in [0.2, 0.25) is 5.02 Å². The van der Waals surface area contributed by atoms with Crippen molar-refractivity contribution in [3.05, 3.63) is 59.6 Å². The summed E-state index contributed by atoms with van der Waals surface area (Å²) in [6, 6.07) is 16.6. The van der Waals surface area contributed by atoms with Gasteiger partial charge in [0.15, 0.2) is 0 Å². The fourth-order valence-corrected chi connectivity index (χ4v) is 4.85. The van der Waals surface area contributed by atoms with Gasteiger partial charge in [0, 0.05) is 35.5 Å². The summed E-state index contributed by atoms with van der Waals surface area (Å²) in [7, 11) is 2.08. The van der Waals surface area contributed by atoms with Crippen molar-refractivity contribution in [3.63, 3.8) is 0 Å². The van der Waals surface area contributed by atoms with Crippen LogP contribution in [0.25, 0.3) is 0 Å². The number of carbonyl (C=O) groups excluding carboxylic acids is 2. The van der Waals surface area contributed by atoms with Crippen LogP contribution in [0.5, 0.6) is 0 Å². The number of hydrogen-bond donors (Lipinski definition) is 2. The molecule has 0 spiro atoms. The topological polar surface area (TPSA) is 64.7 Å². The number of hydrogen-bond acceptors (Lipinski definition) is 3. The molecule has 0 unspecified atom stereocenters. The number of nitrogens with one attached hydrogen (secondary N) is 2. The summed E-state index contributed by atoms with van der Waals surface area (Å²) < 4.78 is 0. The normalized spacial score (nSPS) is 24.1. The second-order valence-electron chi connectivity index (χ2n) is 8.19. The third-order valence-electron chi connectivity index (χ3n) is 6.45. The van der Waals surface area contributed by atoms with E-state index in [9.17, 15) is 9.59 Å². The minimum atomic E-state index is -0.486. The molecule has 30 heavy (non-hydrogen) atoms. The Morgan fingerprint density at radius 1 is 0.933 bits per heavy atom. The molecule has 2 saturated heterocycles. The highest BCUT2D eigenvalue weighted by atomic mass is 35.5. The van der Waals surface area contributed by atoms with Crippen molar-refractivity contribution in [3.8, 4) is 0 Å². The predicted octanol–water partition coefficient (Wildman–Crippen LogP) is 4.30. The van der Waals surface area contributed by atoms with Crippen LogP contribution >= 0.6 is 11.6 Å². The number of nitrogens with zero attached hydrogens (tertiary/aromatic N) is 2. The Morgan fingerprint density at radius 2 is 1.60 bits per heavy atom. The Kier molecular flexibility index (Phi) is 5.97. The number of anilines is 2. The van der Waals surface area contributed by atoms with Crippen LogP contribution in [0.15, 0.2) is 54.6 Å². The van der Waals surface area contributed by atoms with Crippen molar-refractivity contribution in [2.24, 2.45) is 5.41 Å². The molecule has 2 aliphatic heterocycles. The first-order valence-corrected chi connectivity index (χ1v) is 10.7. The van der Waals surface area contributed by atoms with Crippen molar-refractivity contribution in [1.82, 2.24) is 9.80 Å². The number of amides is 3. The summed E-state index contributed by atoms with van der Waals surface area (Å²) >= 11 is 5.92. The standard InChI is InChI=1S/C23H27ClN4O2/c1-27-15-12-23(21(29)25-18-5-3-2-4-6-18)13-16-28(14-11-20(23)27)22(30)26-19-9-7-17(24)8-10-19/h2-10,20H,11-16H2,1H3,(H,25,29)(H,26,30)/t20-,23-/m0/s1. The van der Waals surface area contributed by atoms with Gasteiger partial charge < -0.3 is 20.4 Å². The van der Waals surface area contributed by atoms with Crippen LogP contribution in [0, 0.1) is 5.41 Å². The van der Waals surface area contributed by atoms with Gasteiger partial charge in [-0.05, 0) is 69.3 Å². The van der Waals surface area contributed by atoms with Crippen molar-refractivity contribution in [1.29, 1.82) is 0 Å². The van der Waals surface area contributed by atoms with Crippen molar-refractivity contribution < 1.29 is 9.59 Å². The molecule has 2 aromatic carbocycles. The van der Waals surface area contributed by atoms with Gasteiger partial charge in [-0.2, -0.15) is 0 Å². The quantitative estimate of drug-likeness (QED) is 0.769. The molecular formula is C23H27ClN4O2. The molecule has 7 heteroatoms. The molecule has 0 saturated carbocycles. The van der Waals surface area contributed by atoms with E-state index in [-0.39, 0.29) is 18.0 Å². The summed E-state index contributed by atoms with van der Waals surface area (Å²) in [5.41, 5.74) is 1.04. The first kappa shape index (κ1) is 20.7. The molecule has 2 heterocycles. The van der Waals surface area contributed by atoms with Gasteiger partial charge in [-0.3, -0.25) is 4.79 Å². The maximum absolute atomic E-state index is 13.4. The molecule has 2 N–H and O–H groups in total. The lowest BCUT2D eigenvalue weighted by Crippen LogP contribution is -2.46. The van der Waals surface area contributed by atoms with Crippen LogP contribution in [0.4, 0.5) is 16.2 Å². The maximum Gasteiger partial charge on any atom is 0.321 e. The van der Waals surface area contributed by atoms with Gasteiger partial charge in [0.1, 0.15) is 0 Å². The molecule has 2 fully saturated rings. The molecule has 2 aliphatic rings. The van der Waals surface area contributed by atoms with Crippen LogP contribution in [-0.4, -0.2) is 54.5 Å². The summed E-state index contributed by atoms with van der Waals surface area (Å²) in [6.07, 6.45) is 2.22. The zero-order valence-electron chi connectivity index (χ0n) is 17.1. The number of halogens is 1. The van der Waals surface area contributed by atoms with Crippen molar-refractivity contribution >= 4 is 34.9 Å². The van der Waals surface area contributed by atoms with E-state index >= 15 is 0 Å². The molecule has 6 nitrogen and oxygen atoms in total. The summed E-state index contributed by atoms with van der Waals surface area (Å²) in [4.78, 5) is 30.3. The molecule has 0 bridgehead atoms. The van der Waals surface area contributed by atoms with E-state index < -0.39 is 5.41 Å². The molecule has 0 radical (unpaired) electrons. The predicted molar refractivity (Wildman–Crippen MR) is 120 cm³/mol. The van der Waals surface area contributed by atoms with Gasteiger partial charge in [-0.15, -0.1) is 0 Å². The van der Waals surface area contributed by atoms with Crippen LogP contribution in [0.1, 0.15) is 19.3 Å². The number of rotatable bonds is 3. The van der Waals surface area contributed by atoms with E-state index in [4.69, 9.17) is 11.6 Å². The van der Waals surface area contributed by atoms with Crippen molar-refractivity contribution in [2.75, 3.05) is 37.3 Å². The molecule has 0 aliphatic carbocycles.